The van der Waals surface area contributed by atoms with Crippen LogP contribution in [0.1, 0.15) is 16.8 Å². The van der Waals surface area contributed by atoms with Gasteiger partial charge in [-0.05, 0) is 18.6 Å². The maximum absolute atomic E-state index is 12.4. The van der Waals surface area contributed by atoms with Crippen molar-refractivity contribution in [1.82, 2.24) is 4.98 Å². The molecule has 0 atom stereocenters. The summed E-state index contributed by atoms with van der Waals surface area (Å²) in [7, 11) is 0. The Kier molecular flexibility index (Phi) is 3.36. The first-order valence-corrected chi connectivity index (χ1v) is 5.43. The molecule has 1 aromatic heterocycles. The number of rotatable bonds is 2. The normalized spacial score (nSPS) is 16.4. The first kappa shape index (κ1) is 12.6. The van der Waals surface area contributed by atoms with Gasteiger partial charge in [-0.2, -0.15) is 13.2 Å². The minimum absolute atomic E-state index is 0.0411. The largest absolute Gasteiger partial charge is 0.412 e. The number of hydrogen-bond donors (Lipinski definition) is 0. The van der Waals surface area contributed by atoms with E-state index in [1.54, 1.807) is 17.0 Å². The summed E-state index contributed by atoms with van der Waals surface area (Å²) in [4.78, 5) is 16.2. The van der Waals surface area contributed by atoms with E-state index in [4.69, 9.17) is 0 Å². The predicted octanol–water partition coefficient (Wildman–Crippen LogP) is 2.59. The van der Waals surface area contributed by atoms with Gasteiger partial charge >= 0.3 is 6.18 Å². The maximum atomic E-state index is 12.4. The van der Waals surface area contributed by atoms with Crippen LogP contribution in [0, 0.1) is 0 Å². The predicted molar refractivity (Wildman–Crippen MR) is 60.6 cm³/mol. The summed E-state index contributed by atoms with van der Waals surface area (Å²) in [6, 6.07) is 3.23. The zero-order valence-electron chi connectivity index (χ0n) is 9.44. The van der Waals surface area contributed by atoms with Crippen molar-refractivity contribution in [2.45, 2.75) is 12.6 Å². The lowest BCUT2D eigenvalue weighted by atomic mass is 10.1. The molecule has 0 amide bonds. The van der Waals surface area contributed by atoms with E-state index in [1.807, 2.05) is 0 Å². The van der Waals surface area contributed by atoms with Crippen molar-refractivity contribution in [2.75, 3.05) is 18.0 Å². The van der Waals surface area contributed by atoms with Gasteiger partial charge in [-0.3, -0.25) is 4.79 Å². The molecular weight excluding hydrogens is 245 g/mol. The van der Waals surface area contributed by atoms with E-state index in [1.165, 1.54) is 12.3 Å². The van der Waals surface area contributed by atoms with E-state index in [-0.39, 0.29) is 19.5 Å². The fourth-order valence-corrected chi connectivity index (χ4v) is 1.79. The van der Waals surface area contributed by atoms with Crippen LogP contribution in [0.3, 0.4) is 0 Å². The number of hydrogen-bond acceptors (Lipinski definition) is 3. The van der Waals surface area contributed by atoms with Crippen LogP contribution in [0.25, 0.3) is 0 Å². The third-order valence-electron chi connectivity index (χ3n) is 2.80. The van der Waals surface area contributed by atoms with Gasteiger partial charge in [0.1, 0.15) is 5.82 Å². The molecule has 0 bridgehead atoms. The third kappa shape index (κ3) is 2.69. The lowest BCUT2D eigenvalue weighted by Gasteiger charge is -2.28. The quantitative estimate of drug-likeness (QED) is 0.602. The third-order valence-corrected chi connectivity index (χ3v) is 2.80. The van der Waals surface area contributed by atoms with Crippen LogP contribution >= 0.6 is 0 Å². The highest BCUT2D eigenvalue weighted by Crippen LogP contribution is 2.31. The van der Waals surface area contributed by atoms with Crippen LogP contribution in [-0.4, -0.2) is 30.5 Å². The molecule has 1 aliphatic rings. The van der Waals surface area contributed by atoms with Crippen molar-refractivity contribution in [1.29, 1.82) is 0 Å². The standard InChI is InChI=1S/C12H11F3N2O/c13-12(14,15)10-3-5-17(6-4-10)11-2-1-9(8-18)7-16-11/h1-3,7-8H,4-6H2. The van der Waals surface area contributed by atoms with Crippen LogP contribution in [0.5, 0.6) is 0 Å². The van der Waals surface area contributed by atoms with Gasteiger partial charge in [-0.1, -0.05) is 6.08 Å². The molecule has 0 unspecified atom stereocenters. The summed E-state index contributed by atoms with van der Waals surface area (Å²) < 4.78 is 37.3. The molecule has 0 aliphatic carbocycles. The highest BCUT2D eigenvalue weighted by molar-refractivity contribution is 5.74. The van der Waals surface area contributed by atoms with Gasteiger partial charge in [0, 0.05) is 30.4 Å². The van der Waals surface area contributed by atoms with Gasteiger partial charge in [0.25, 0.3) is 0 Å². The molecular formula is C12H11F3N2O. The van der Waals surface area contributed by atoms with E-state index in [0.29, 0.717) is 17.7 Å². The highest BCUT2D eigenvalue weighted by Gasteiger charge is 2.34. The van der Waals surface area contributed by atoms with E-state index in [2.05, 4.69) is 4.98 Å². The Morgan fingerprint density at radius 1 is 1.33 bits per heavy atom. The Morgan fingerprint density at radius 2 is 2.11 bits per heavy atom. The van der Waals surface area contributed by atoms with Crippen molar-refractivity contribution in [3.8, 4) is 0 Å². The van der Waals surface area contributed by atoms with Crippen molar-refractivity contribution < 1.29 is 18.0 Å². The molecule has 0 N–H and O–H groups in total. The lowest BCUT2D eigenvalue weighted by Crippen LogP contribution is -2.32. The van der Waals surface area contributed by atoms with Gasteiger partial charge in [-0.25, -0.2) is 4.98 Å². The van der Waals surface area contributed by atoms with Crippen molar-refractivity contribution in [3.63, 3.8) is 0 Å². The molecule has 6 heteroatoms. The molecule has 0 radical (unpaired) electrons. The van der Waals surface area contributed by atoms with Crippen LogP contribution in [0.4, 0.5) is 19.0 Å². The van der Waals surface area contributed by atoms with Gasteiger partial charge in [-0.15, -0.1) is 0 Å². The van der Waals surface area contributed by atoms with Gasteiger partial charge in [0.2, 0.25) is 0 Å². The summed E-state index contributed by atoms with van der Waals surface area (Å²) in [5.74, 6) is 0.582. The highest BCUT2D eigenvalue weighted by atomic mass is 19.4. The lowest BCUT2D eigenvalue weighted by molar-refractivity contribution is -0.0944. The minimum Gasteiger partial charge on any atom is -0.353 e. The molecule has 2 rings (SSSR count). The fraction of sp³-hybridized carbons (Fsp3) is 0.333. The van der Waals surface area contributed by atoms with Gasteiger partial charge < -0.3 is 4.90 Å². The molecule has 0 aromatic carbocycles. The second-order valence-electron chi connectivity index (χ2n) is 3.99. The number of alkyl halides is 3. The number of aromatic nitrogens is 1. The number of carbonyl (C=O) groups is 1. The maximum Gasteiger partial charge on any atom is 0.412 e. The Morgan fingerprint density at radius 3 is 2.56 bits per heavy atom. The molecule has 0 saturated carbocycles. The number of aldehydes is 1. The molecule has 18 heavy (non-hydrogen) atoms. The van der Waals surface area contributed by atoms with Crippen LogP contribution < -0.4 is 4.90 Å². The number of anilines is 1. The number of halogens is 3. The number of nitrogens with zero attached hydrogens (tertiary/aromatic N) is 2. The summed E-state index contributed by atoms with van der Waals surface area (Å²) in [6.45, 7) is 0.459. The summed E-state index contributed by atoms with van der Waals surface area (Å²) in [5, 5.41) is 0. The average Bonchev–Trinajstić information content (AvgIpc) is 2.38. The SMILES string of the molecule is O=Cc1ccc(N2CC=C(C(F)(F)F)CC2)nc1. The Labute approximate surface area is 102 Å². The fourth-order valence-electron chi connectivity index (χ4n) is 1.79. The molecule has 0 fully saturated rings. The minimum atomic E-state index is -4.24. The number of pyridine rings is 1. The topological polar surface area (TPSA) is 33.2 Å². The average molecular weight is 256 g/mol. The van der Waals surface area contributed by atoms with Crippen molar-refractivity contribution in [3.05, 3.63) is 35.5 Å². The zero-order valence-corrected chi connectivity index (χ0v) is 9.44. The van der Waals surface area contributed by atoms with Crippen LogP contribution in [-0.2, 0) is 0 Å². The smallest absolute Gasteiger partial charge is 0.353 e. The Hall–Kier alpha value is -1.85. The Bertz CT molecular complexity index is 465. The van der Waals surface area contributed by atoms with E-state index in [0.717, 1.165) is 0 Å². The molecule has 0 spiro atoms. The first-order valence-electron chi connectivity index (χ1n) is 5.43. The van der Waals surface area contributed by atoms with Gasteiger partial charge in [0.05, 0.1) is 0 Å². The molecule has 96 valence electrons. The summed E-state index contributed by atoms with van der Waals surface area (Å²) in [6.07, 6.45) is -1.01. The van der Waals surface area contributed by atoms with E-state index < -0.39 is 11.7 Å². The van der Waals surface area contributed by atoms with Crippen LogP contribution in [0.15, 0.2) is 30.0 Å². The van der Waals surface area contributed by atoms with E-state index >= 15 is 0 Å². The molecule has 1 aliphatic heterocycles. The second-order valence-corrected chi connectivity index (χ2v) is 3.99. The first-order chi connectivity index (χ1) is 8.50. The zero-order chi connectivity index (χ0) is 13.2. The van der Waals surface area contributed by atoms with Gasteiger partial charge in [0.15, 0.2) is 6.29 Å². The molecule has 1 aromatic rings. The summed E-state index contributed by atoms with van der Waals surface area (Å²) >= 11 is 0. The van der Waals surface area contributed by atoms with Crippen LogP contribution in [0.2, 0.25) is 0 Å². The second kappa shape index (κ2) is 4.80. The molecule has 3 nitrogen and oxygen atoms in total. The molecule has 0 saturated heterocycles. The van der Waals surface area contributed by atoms with Crippen molar-refractivity contribution in [2.24, 2.45) is 0 Å². The Balaban J connectivity index is 2.09. The van der Waals surface area contributed by atoms with E-state index in [9.17, 15) is 18.0 Å². The van der Waals surface area contributed by atoms with Crippen molar-refractivity contribution >= 4 is 12.1 Å². The monoisotopic (exact) mass is 256 g/mol. The summed E-state index contributed by atoms with van der Waals surface area (Å²) in [5.41, 5.74) is -0.0365. The number of carbonyl (C=O) groups excluding carboxylic acids is 1. The molecule has 2 heterocycles.